The number of guanidine groups is 1. The molecule has 1 saturated heterocycles. The number of hydrogen-bond donors (Lipinski definition) is 2. The predicted molar refractivity (Wildman–Crippen MR) is 134 cm³/mol. The van der Waals surface area contributed by atoms with Crippen LogP contribution in [0.25, 0.3) is 0 Å². The fourth-order valence-electron chi connectivity index (χ4n) is 4.03. The maximum atomic E-state index is 12.9. The number of hydrogen-bond acceptors (Lipinski definition) is 7. The third-order valence-corrected chi connectivity index (χ3v) is 5.86. The van der Waals surface area contributed by atoms with Gasteiger partial charge < -0.3 is 19.9 Å². The van der Waals surface area contributed by atoms with Gasteiger partial charge in [-0.2, -0.15) is 0 Å². The lowest BCUT2D eigenvalue weighted by molar-refractivity contribution is -0.125. The standard InChI is InChI=1S/C26H26N6O3/c33-24-18-22(25(34)28-19-9-11-21(12-10-19)35-20-6-2-1-3-7-20)29-26(30-24)32-16-14-31(15-17-32)23-8-4-5-13-27-23/h1-13,22H,14-18H2,(H,28,34)(H,29,30,33)/t22-/m1/s1. The van der Waals surface area contributed by atoms with Crippen molar-refractivity contribution < 1.29 is 14.3 Å². The van der Waals surface area contributed by atoms with Crippen molar-refractivity contribution >= 4 is 29.3 Å². The molecular weight excluding hydrogens is 444 g/mol. The zero-order valence-corrected chi connectivity index (χ0v) is 19.1. The highest BCUT2D eigenvalue weighted by molar-refractivity contribution is 6.06. The monoisotopic (exact) mass is 470 g/mol. The number of para-hydroxylation sites is 1. The third-order valence-electron chi connectivity index (χ3n) is 5.86. The second-order valence-corrected chi connectivity index (χ2v) is 8.31. The minimum atomic E-state index is -0.784. The minimum absolute atomic E-state index is 0.0123. The van der Waals surface area contributed by atoms with Crippen molar-refractivity contribution in [1.82, 2.24) is 15.2 Å². The minimum Gasteiger partial charge on any atom is -0.457 e. The summed E-state index contributed by atoms with van der Waals surface area (Å²) in [5, 5.41) is 5.69. The van der Waals surface area contributed by atoms with Crippen LogP contribution in [0.4, 0.5) is 11.5 Å². The molecule has 9 heteroatoms. The number of nitrogens with one attached hydrogen (secondary N) is 2. The van der Waals surface area contributed by atoms with Crippen LogP contribution in [0.2, 0.25) is 0 Å². The third kappa shape index (κ3) is 5.57. The Hall–Kier alpha value is -4.40. The lowest BCUT2D eigenvalue weighted by Crippen LogP contribution is -2.56. The van der Waals surface area contributed by atoms with E-state index in [2.05, 4.69) is 25.5 Å². The van der Waals surface area contributed by atoms with Gasteiger partial charge in [-0.25, -0.2) is 9.98 Å². The average Bonchev–Trinajstić information content (AvgIpc) is 2.91. The Bertz CT molecular complexity index is 1190. The first-order chi connectivity index (χ1) is 17.1. The molecule has 0 radical (unpaired) electrons. The molecule has 1 aromatic heterocycles. The number of piperazine rings is 1. The highest BCUT2D eigenvalue weighted by Gasteiger charge is 2.30. The molecular formula is C26H26N6O3. The molecule has 0 saturated carbocycles. The lowest BCUT2D eigenvalue weighted by Gasteiger charge is -2.38. The van der Waals surface area contributed by atoms with E-state index in [1.165, 1.54) is 0 Å². The molecule has 0 unspecified atom stereocenters. The fraction of sp³-hybridized carbons (Fsp3) is 0.231. The molecule has 0 aliphatic carbocycles. The van der Waals surface area contributed by atoms with E-state index in [9.17, 15) is 9.59 Å². The second-order valence-electron chi connectivity index (χ2n) is 8.31. The van der Waals surface area contributed by atoms with Crippen LogP contribution in [0.1, 0.15) is 6.42 Å². The van der Waals surface area contributed by atoms with E-state index in [-0.39, 0.29) is 18.2 Å². The summed E-state index contributed by atoms with van der Waals surface area (Å²) < 4.78 is 5.79. The Morgan fingerprint density at radius 3 is 2.29 bits per heavy atom. The van der Waals surface area contributed by atoms with Crippen LogP contribution in [0.15, 0.2) is 84.0 Å². The summed E-state index contributed by atoms with van der Waals surface area (Å²) in [4.78, 5) is 38.4. The molecule has 3 aromatic rings. The predicted octanol–water partition coefficient (Wildman–Crippen LogP) is 2.88. The molecule has 2 aliphatic heterocycles. The molecule has 1 atom stereocenters. The normalized spacial score (nSPS) is 17.9. The SMILES string of the molecule is O=C1C[C@H](C(=O)Nc2ccc(Oc3ccccc3)cc2)N=C(N2CCN(c3ccccn3)CC2)N1. The topological polar surface area (TPSA) is 99.2 Å². The Labute approximate surface area is 203 Å². The molecule has 3 heterocycles. The fourth-order valence-corrected chi connectivity index (χ4v) is 4.03. The van der Waals surface area contributed by atoms with Crippen LogP contribution < -0.4 is 20.3 Å². The summed E-state index contributed by atoms with van der Waals surface area (Å²) in [5.74, 6) is 2.25. The molecule has 1 fully saturated rings. The number of aromatic nitrogens is 1. The van der Waals surface area contributed by atoms with Crippen molar-refractivity contribution in [3.63, 3.8) is 0 Å². The van der Waals surface area contributed by atoms with Gasteiger partial charge in [0.05, 0.1) is 6.42 Å². The molecule has 35 heavy (non-hydrogen) atoms. The Balaban J connectivity index is 1.19. The van der Waals surface area contributed by atoms with Crippen molar-refractivity contribution in [3.05, 3.63) is 79.0 Å². The number of rotatable bonds is 5. The number of anilines is 2. The van der Waals surface area contributed by atoms with Gasteiger partial charge in [0.15, 0.2) is 0 Å². The van der Waals surface area contributed by atoms with Gasteiger partial charge in [-0.3, -0.25) is 14.9 Å². The molecule has 5 rings (SSSR count). The van der Waals surface area contributed by atoms with Gasteiger partial charge in [0.2, 0.25) is 17.8 Å². The summed E-state index contributed by atoms with van der Waals surface area (Å²) in [6.45, 7) is 2.85. The van der Waals surface area contributed by atoms with Crippen LogP contribution in [0, 0.1) is 0 Å². The van der Waals surface area contributed by atoms with Gasteiger partial charge in [-0.15, -0.1) is 0 Å². The second kappa shape index (κ2) is 10.3. The van der Waals surface area contributed by atoms with Gasteiger partial charge in [-0.1, -0.05) is 24.3 Å². The lowest BCUT2D eigenvalue weighted by atomic mass is 10.1. The number of ether oxygens (including phenoxy) is 1. The summed E-state index contributed by atoms with van der Waals surface area (Å²) in [7, 11) is 0. The number of benzene rings is 2. The number of carbonyl (C=O) groups is 2. The molecule has 9 nitrogen and oxygen atoms in total. The first-order valence-electron chi connectivity index (χ1n) is 11.6. The highest BCUT2D eigenvalue weighted by atomic mass is 16.5. The van der Waals surface area contributed by atoms with Crippen LogP contribution in [0.5, 0.6) is 11.5 Å². The van der Waals surface area contributed by atoms with E-state index >= 15 is 0 Å². The average molecular weight is 471 g/mol. The van der Waals surface area contributed by atoms with E-state index in [1.807, 2.05) is 53.4 Å². The van der Waals surface area contributed by atoms with Gasteiger partial charge in [0.25, 0.3) is 0 Å². The van der Waals surface area contributed by atoms with E-state index in [0.717, 1.165) is 24.7 Å². The molecule has 178 valence electrons. The molecule has 2 aromatic carbocycles. The summed E-state index contributed by atoms with van der Waals surface area (Å²) >= 11 is 0. The first kappa shape index (κ1) is 22.4. The highest BCUT2D eigenvalue weighted by Crippen LogP contribution is 2.23. The van der Waals surface area contributed by atoms with Crippen LogP contribution >= 0.6 is 0 Å². The molecule has 0 spiro atoms. The molecule has 0 bridgehead atoms. The zero-order chi connectivity index (χ0) is 24.0. The van der Waals surface area contributed by atoms with Crippen molar-refractivity contribution in [2.75, 3.05) is 36.4 Å². The molecule has 2 N–H and O–H groups in total. The smallest absolute Gasteiger partial charge is 0.249 e. The quantitative estimate of drug-likeness (QED) is 0.595. The van der Waals surface area contributed by atoms with Gasteiger partial charge >= 0.3 is 0 Å². The maximum Gasteiger partial charge on any atom is 0.249 e. The number of aliphatic imine (C=N–C) groups is 1. The Morgan fingerprint density at radius 1 is 0.886 bits per heavy atom. The number of pyridine rings is 1. The Morgan fingerprint density at radius 2 is 1.57 bits per heavy atom. The van der Waals surface area contributed by atoms with Crippen molar-refractivity contribution in [1.29, 1.82) is 0 Å². The van der Waals surface area contributed by atoms with Crippen molar-refractivity contribution in [2.24, 2.45) is 4.99 Å². The van der Waals surface area contributed by atoms with Crippen LogP contribution in [0.3, 0.4) is 0 Å². The summed E-state index contributed by atoms with van der Waals surface area (Å²) in [6, 6.07) is 21.6. The van der Waals surface area contributed by atoms with Gasteiger partial charge in [-0.05, 0) is 48.5 Å². The van der Waals surface area contributed by atoms with Crippen molar-refractivity contribution in [3.8, 4) is 11.5 Å². The van der Waals surface area contributed by atoms with E-state index in [1.54, 1.807) is 30.5 Å². The maximum absolute atomic E-state index is 12.9. The zero-order valence-electron chi connectivity index (χ0n) is 19.1. The largest absolute Gasteiger partial charge is 0.457 e. The van der Waals surface area contributed by atoms with Crippen LogP contribution in [-0.2, 0) is 9.59 Å². The first-order valence-corrected chi connectivity index (χ1v) is 11.6. The van der Waals surface area contributed by atoms with Crippen LogP contribution in [-0.4, -0.2) is 59.9 Å². The van der Waals surface area contributed by atoms with Gasteiger partial charge in [0.1, 0.15) is 23.4 Å². The summed E-state index contributed by atoms with van der Waals surface area (Å²) in [5.41, 5.74) is 0.613. The Kier molecular flexibility index (Phi) is 6.56. The number of carbonyl (C=O) groups excluding carboxylic acids is 2. The number of amides is 2. The van der Waals surface area contributed by atoms with Crippen molar-refractivity contribution in [2.45, 2.75) is 12.5 Å². The molecule has 2 aliphatic rings. The number of nitrogens with zero attached hydrogens (tertiary/aromatic N) is 4. The van der Waals surface area contributed by atoms with E-state index in [0.29, 0.717) is 30.5 Å². The molecule has 2 amide bonds. The van der Waals surface area contributed by atoms with E-state index < -0.39 is 6.04 Å². The summed E-state index contributed by atoms with van der Waals surface area (Å²) in [6.07, 6.45) is 1.79. The van der Waals surface area contributed by atoms with E-state index in [4.69, 9.17) is 4.74 Å². The van der Waals surface area contributed by atoms with Gasteiger partial charge in [0, 0.05) is 38.1 Å².